The number of methoxy groups -OCH3 is 2. The Kier molecular flexibility index (Phi) is 8.01. The van der Waals surface area contributed by atoms with Crippen molar-refractivity contribution >= 4 is 29.1 Å². The zero-order valence-electron chi connectivity index (χ0n) is 19.0. The maximum absolute atomic E-state index is 12.3. The number of nitro benzene ring substituents is 1. The first-order valence-electron chi connectivity index (χ1n) is 10.7. The third-order valence-corrected chi connectivity index (χ3v) is 5.42. The van der Waals surface area contributed by atoms with Crippen LogP contribution in [0.25, 0.3) is 0 Å². The van der Waals surface area contributed by atoms with E-state index in [-0.39, 0.29) is 36.9 Å². The van der Waals surface area contributed by atoms with Crippen LogP contribution in [-0.4, -0.2) is 56.5 Å². The SMILES string of the molecule is COc1cc(CCNC(=O)CNC(=O)c2ccc(N3CCCC3=O)cc2)c([N+](=O)[O-])cc1OC. The van der Waals surface area contributed by atoms with E-state index < -0.39 is 16.7 Å². The van der Waals surface area contributed by atoms with Gasteiger partial charge in [0.1, 0.15) is 0 Å². The van der Waals surface area contributed by atoms with Gasteiger partial charge in [0.2, 0.25) is 11.8 Å². The lowest BCUT2D eigenvalue weighted by Gasteiger charge is -2.15. The average Bonchev–Trinajstić information content (AvgIpc) is 3.27. The number of benzene rings is 2. The molecule has 0 radical (unpaired) electrons. The lowest BCUT2D eigenvalue weighted by Crippen LogP contribution is -2.37. The summed E-state index contributed by atoms with van der Waals surface area (Å²) < 4.78 is 10.3. The van der Waals surface area contributed by atoms with Crippen LogP contribution < -0.4 is 25.0 Å². The molecule has 3 amide bonds. The van der Waals surface area contributed by atoms with E-state index in [2.05, 4.69) is 10.6 Å². The predicted octanol–water partition coefficient (Wildman–Crippen LogP) is 1.83. The zero-order chi connectivity index (χ0) is 24.7. The molecule has 0 bridgehead atoms. The zero-order valence-corrected chi connectivity index (χ0v) is 19.0. The van der Waals surface area contributed by atoms with Gasteiger partial charge in [0.05, 0.1) is 31.8 Å². The van der Waals surface area contributed by atoms with Crippen molar-refractivity contribution in [3.63, 3.8) is 0 Å². The minimum atomic E-state index is -0.524. The van der Waals surface area contributed by atoms with Gasteiger partial charge in [0, 0.05) is 36.3 Å². The molecule has 180 valence electrons. The van der Waals surface area contributed by atoms with Crippen LogP contribution in [0.1, 0.15) is 28.8 Å². The van der Waals surface area contributed by atoms with E-state index in [0.717, 1.165) is 12.1 Å². The van der Waals surface area contributed by atoms with Gasteiger partial charge in [0.15, 0.2) is 11.5 Å². The number of carbonyl (C=O) groups is 3. The van der Waals surface area contributed by atoms with Crippen molar-refractivity contribution in [3.8, 4) is 11.5 Å². The summed E-state index contributed by atoms with van der Waals surface area (Å²) in [5.41, 5.74) is 1.34. The van der Waals surface area contributed by atoms with Crippen LogP contribution in [0.2, 0.25) is 0 Å². The maximum Gasteiger partial charge on any atom is 0.276 e. The number of nitrogens with zero attached hydrogens (tertiary/aromatic N) is 2. The molecular weight excluding hydrogens is 444 g/mol. The molecule has 0 aliphatic carbocycles. The van der Waals surface area contributed by atoms with Gasteiger partial charge in [-0.3, -0.25) is 24.5 Å². The van der Waals surface area contributed by atoms with Crippen LogP contribution in [0.15, 0.2) is 36.4 Å². The number of amides is 3. The fourth-order valence-electron chi connectivity index (χ4n) is 3.66. The summed E-state index contributed by atoms with van der Waals surface area (Å²) in [7, 11) is 2.82. The average molecular weight is 470 g/mol. The van der Waals surface area contributed by atoms with Crippen LogP contribution in [0, 0.1) is 10.1 Å². The summed E-state index contributed by atoms with van der Waals surface area (Å²) in [4.78, 5) is 48.8. The molecular formula is C23H26N4O7. The molecule has 34 heavy (non-hydrogen) atoms. The predicted molar refractivity (Wildman–Crippen MR) is 123 cm³/mol. The number of hydrogen-bond acceptors (Lipinski definition) is 7. The Labute approximate surface area is 196 Å². The summed E-state index contributed by atoms with van der Waals surface area (Å²) >= 11 is 0. The van der Waals surface area contributed by atoms with Crippen molar-refractivity contribution in [2.24, 2.45) is 0 Å². The fourth-order valence-corrected chi connectivity index (χ4v) is 3.66. The summed E-state index contributed by atoms with van der Waals surface area (Å²) in [6, 6.07) is 9.39. The molecule has 0 aromatic heterocycles. The molecule has 1 heterocycles. The molecule has 1 aliphatic rings. The van der Waals surface area contributed by atoms with Crippen LogP contribution >= 0.6 is 0 Å². The molecule has 3 rings (SSSR count). The van der Waals surface area contributed by atoms with E-state index in [1.165, 1.54) is 26.4 Å². The minimum absolute atomic E-state index is 0.0623. The van der Waals surface area contributed by atoms with Gasteiger partial charge in [-0.25, -0.2) is 0 Å². The number of rotatable bonds is 10. The van der Waals surface area contributed by atoms with E-state index in [1.807, 2.05) is 0 Å². The Morgan fingerprint density at radius 1 is 1.09 bits per heavy atom. The van der Waals surface area contributed by atoms with Gasteiger partial charge in [-0.15, -0.1) is 0 Å². The van der Waals surface area contributed by atoms with E-state index in [0.29, 0.717) is 29.8 Å². The highest BCUT2D eigenvalue weighted by molar-refractivity contribution is 5.98. The van der Waals surface area contributed by atoms with Gasteiger partial charge in [-0.05, 0) is 43.2 Å². The lowest BCUT2D eigenvalue weighted by molar-refractivity contribution is -0.385. The van der Waals surface area contributed by atoms with E-state index in [4.69, 9.17) is 9.47 Å². The molecule has 0 atom stereocenters. The highest BCUT2D eigenvalue weighted by Crippen LogP contribution is 2.34. The maximum atomic E-state index is 12.3. The largest absolute Gasteiger partial charge is 0.493 e. The van der Waals surface area contributed by atoms with Gasteiger partial charge >= 0.3 is 0 Å². The Bertz CT molecular complexity index is 1090. The second kappa shape index (κ2) is 11.1. The first-order valence-corrected chi connectivity index (χ1v) is 10.7. The second-order valence-corrected chi connectivity index (χ2v) is 7.57. The number of ether oxygens (including phenoxy) is 2. The molecule has 0 unspecified atom stereocenters. The quantitative estimate of drug-likeness (QED) is 0.399. The smallest absolute Gasteiger partial charge is 0.276 e. The standard InChI is InChI=1S/C23H26N4O7/c1-33-19-12-16(18(27(31)32)13-20(19)34-2)9-10-24-21(28)14-25-23(30)15-5-7-17(8-6-15)26-11-3-4-22(26)29/h5-8,12-13H,3-4,9-11,14H2,1-2H3,(H,24,28)(H,25,30). The molecule has 1 aliphatic heterocycles. The van der Waals surface area contributed by atoms with E-state index in [1.54, 1.807) is 29.2 Å². The molecule has 0 saturated carbocycles. The Morgan fingerprint density at radius 2 is 1.76 bits per heavy atom. The summed E-state index contributed by atoms with van der Waals surface area (Å²) in [5.74, 6) is -0.209. The highest BCUT2D eigenvalue weighted by atomic mass is 16.6. The summed E-state index contributed by atoms with van der Waals surface area (Å²) in [6.45, 7) is 0.541. The van der Waals surface area contributed by atoms with Gasteiger partial charge in [0.25, 0.3) is 11.6 Å². The summed E-state index contributed by atoms with van der Waals surface area (Å²) in [5, 5.41) is 16.5. The second-order valence-electron chi connectivity index (χ2n) is 7.57. The first kappa shape index (κ1) is 24.5. The molecule has 0 spiro atoms. The van der Waals surface area contributed by atoms with Gasteiger partial charge in [-0.1, -0.05) is 0 Å². The van der Waals surface area contributed by atoms with Crippen molar-refractivity contribution in [2.45, 2.75) is 19.3 Å². The number of anilines is 1. The molecule has 11 nitrogen and oxygen atoms in total. The molecule has 11 heteroatoms. The Balaban J connectivity index is 1.49. The van der Waals surface area contributed by atoms with Gasteiger partial charge < -0.3 is 25.0 Å². The van der Waals surface area contributed by atoms with Crippen LogP contribution in [0.5, 0.6) is 11.5 Å². The number of carbonyl (C=O) groups excluding carboxylic acids is 3. The molecule has 2 N–H and O–H groups in total. The fraction of sp³-hybridized carbons (Fsp3) is 0.348. The van der Waals surface area contributed by atoms with Crippen molar-refractivity contribution in [1.82, 2.24) is 10.6 Å². The Hall–Kier alpha value is -4.15. The lowest BCUT2D eigenvalue weighted by atomic mass is 10.1. The third kappa shape index (κ3) is 5.80. The van der Waals surface area contributed by atoms with E-state index in [9.17, 15) is 24.5 Å². The Morgan fingerprint density at radius 3 is 2.35 bits per heavy atom. The van der Waals surface area contributed by atoms with Crippen LogP contribution in [0.4, 0.5) is 11.4 Å². The monoisotopic (exact) mass is 470 g/mol. The molecule has 2 aromatic rings. The van der Waals surface area contributed by atoms with Gasteiger partial charge in [-0.2, -0.15) is 0 Å². The topological polar surface area (TPSA) is 140 Å². The van der Waals surface area contributed by atoms with E-state index >= 15 is 0 Å². The first-order chi connectivity index (χ1) is 16.3. The number of nitro groups is 1. The highest BCUT2D eigenvalue weighted by Gasteiger charge is 2.22. The van der Waals surface area contributed by atoms with Crippen molar-refractivity contribution in [3.05, 3.63) is 57.6 Å². The molecule has 1 fully saturated rings. The molecule has 1 saturated heterocycles. The van der Waals surface area contributed by atoms with Crippen molar-refractivity contribution < 1.29 is 28.8 Å². The number of hydrogen-bond donors (Lipinski definition) is 2. The van der Waals surface area contributed by atoms with Crippen molar-refractivity contribution in [1.29, 1.82) is 0 Å². The van der Waals surface area contributed by atoms with Crippen molar-refractivity contribution in [2.75, 3.05) is 38.8 Å². The third-order valence-electron chi connectivity index (χ3n) is 5.42. The summed E-state index contributed by atoms with van der Waals surface area (Å²) in [6.07, 6.45) is 1.53. The van der Waals surface area contributed by atoms with Crippen LogP contribution in [-0.2, 0) is 16.0 Å². The normalized spacial score (nSPS) is 12.9. The molecule has 2 aromatic carbocycles. The van der Waals surface area contributed by atoms with Crippen LogP contribution in [0.3, 0.4) is 0 Å². The minimum Gasteiger partial charge on any atom is -0.493 e. The number of nitrogens with one attached hydrogen (secondary N) is 2.